The van der Waals surface area contributed by atoms with Crippen LogP contribution in [0.1, 0.15) is 26.2 Å². The number of ether oxygens (including phenoxy) is 1. The summed E-state index contributed by atoms with van der Waals surface area (Å²) in [7, 11) is -0.614. The zero-order valence-corrected chi connectivity index (χ0v) is 7.86. The molecule has 2 unspecified atom stereocenters. The average Bonchev–Trinajstić information content (AvgIpc) is 2.72. The van der Waals surface area contributed by atoms with E-state index in [1.807, 2.05) is 0 Å². The van der Waals surface area contributed by atoms with Gasteiger partial charge in [-0.15, -0.1) is 0 Å². The lowest BCUT2D eigenvalue weighted by atomic mass is 10.3. The lowest BCUT2D eigenvalue weighted by Gasteiger charge is -1.97. The minimum absolute atomic E-state index is 0.331. The minimum Gasteiger partial charge on any atom is -0.372 e. The van der Waals surface area contributed by atoms with Gasteiger partial charge in [0, 0.05) is 16.6 Å². The van der Waals surface area contributed by atoms with E-state index >= 15 is 0 Å². The van der Waals surface area contributed by atoms with Crippen LogP contribution in [0, 0.1) is 0 Å². The molecule has 66 valence electrons. The van der Waals surface area contributed by atoms with E-state index in [9.17, 15) is 4.21 Å². The van der Waals surface area contributed by atoms with Gasteiger partial charge < -0.3 is 4.74 Å². The molecule has 3 heteroatoms. The van der Waals surface area contributed by atoms with Crippen molar-refractivity contribution in [2.24, 2.45) is 0 Å². The maximum absolute atomic E-state index is 11.2. The van der Waals surface area contributed by atoms with Crippen molar-refractivity contribution in [3.63, 3.8) is 0 Å². The zero-order valence-electron chi connectivity index (χ0n) is 7.04. The van der Waals surface area contributed by atoms with Gasteiger partial charge in [0.1, 0.15) is 0 Å². The molecule has 1 aliphatic heterocycles. The molecule has 1 rings (SSSR count). The fraction of sp³-hybridized carbons (Fsp3) is 1.00. The number of epoxide rings is 1. The van der Waals surface area contributed by atoms with Gasteiger partial charge in [-0.1, -0.05) is 19.8 Å². The molecule has 2 nitrogen and oxygen atoms in total. The largest absolute Gasteiger partial charge is 0.372 e. The second-order valence-electron chi connectivity index (χ2n) is 2.97. The Morgan fingerprint density at radius 1 is 1.55 bits per heavy atom. The maximum Gasteiger partial charge on any atom is 0.0924 e. The van der Waals surface area contributed by atoms with Gasteiger partial charge in [-0.2, -0.15) is 0 Å². The van der Waals surface area contributed by atoms with Crippen molar-refractivity contribution in [2.45, 2.75) is 32.3 Å². The second kappa shape index (κ2) is 4.88. The lowest BCUT2D eigenvalue weighted by molar-refractivity contribution is 0.424. The Hall–Kier alpha value is 0.110. The predicted molar refractivity (Wildman–Crippen MR) is 47.1 cm³/mol. The number of hydrogen-bond donors (Lipinski definition) is 0. The Bertz CT molecular complexity index is 132. The summed E-state index contributed by atoms with van der Waals surface area (Å²) in [6.45, 7) is 2.99. The van der Waals surface area contributed by atoms with E-state index in [1.54, 1.807) is 0 Å². The van der Waals surface area contributed by atoms with Crippen LogP contribution in [-0.2, 0) is 15.5 Å². The number of hydrogen-bond acceptors (Lipinski definition) is 2. The Kier molecular flexibility index (Phi) is 4.08. The van der Waals surface area contributed by atoms with Gasteiger partial charge in [-0.3, -0.25) is 4.21 Å². The minimum atomic E-state index is -0.614. The smallest absolute Gasteiger partial charge is 0.0924 e. The number of unbranched alkanes of at least 4 members (excludes halogenated alkanes) is 2. The molecule has 11 heavy (non-hydrogen) atoms. The van der Waals surface area contributed by atoms with Crippen LogP contribution in [-0.4, -0.2) is 28.4 Å². The van der Waals surface area contributed by atoms with Gasteiger partial charge in [0.05, 0.1) is 18.5 Å². The van der Waals surface area contributed by atoms with E-state index in [0.29, 0.717) is 6.10 Å². The third-order valence-corrected chi connectivity index (χ3v) is 3.24. The Balaban J connectivity index is 1.92. The summed E-state index contributed by atoms with van der Waals surface area (Å²) in [6.07, 6.45) is 3.85. The van der Waals surface area contributed by atoms with E-state index < -0.39 is 10.8 Å². The van der Waals surface area contributed by atoms with Crippen molar-refractivity contribution in [1.29, 1.82) is 0 Å². The van der Waals surface area contributed by atoms with Crippen molar-refractivity contribution in [1.82, 2.24) is 0 Å². The molecule has 0 N–H and O–H groups in total. The molecule has 1 heterocycles. The van der Waals surface area contributed by atoms with E-state index in [-0.39, 0.29) is 0 Å². The fourth-order valence-electron chi connectivity index (χ4n) is 0.968. The quantitative estimate of drug-likeness (QED) is 0.451. The molecule has 0 aliphatic carbocycles. The molecule has 2 atom stereocenters. The summed E-state index contributed by atoms with van der Waals surface area (Å²) in [6, 6.07) is 0. The van der Waals surface area contributed by atoms with E-state index in [0.717, 1.165) is 24.5 Å². The highest BCUT2D eigenvalue weighted by Gasteiger charge is 2.24. The van der Waals surface area contributed by atoms with Crippen molar-refractivity contribution < 1.29 is 8.95 Å². The first kappa shape index (κ1) is 9.20. The summed E-state index contributed by atoms with van der Waals surface area (Å²) in [5, 5.41) is 0. The van der Waals surface area contributed by atoms with E-state index in [4.69, 9.17) is 4.74 Å². The third-order valence-electron chi connectivity index (χ3n) is 1.75. The molecule has 0 aromatic carbocycles. The Labute approximate surface area is 70.8 Å². The van der Waals surface area contributed by atoms with Crippen LogP contribution in [0.2, 0.25) is 0 Å². The summed E-state index contributed by atoms with van der Waals surface area (Å²) < 4.78 is 16.2. The van der Waals surface area contributed by atoms with Gasteiger partial charge >= 0.3 is 0 Å². The van der Waals surface area contributed by atoms with Gasteiger partial charge in [0.25, 0.3) is 0 Å². The first-order chi connectivity index (χ1) is 5.33. The maximum atomic E-state index is 11.2. The third kappa shape index (κ3) is 4.53. The molecular weight excluding hydrogens is 160 g/mol. The normalized spacial score (nSPS) is 25.0. The molecule has 1 saturated heterocycles. The monoisotopic (exact) mass is 176 g/mol. The molecule has 0 spiro atoms. The molecule has 0 amide bonds. The van der Waals surface area contributed by atoms with Crippen molar-refractivity contribution >= 4 is 10.8 Å². The molecule has 0 saturated carbocycles. The Morgan fingerprint density at radius 3 is 2.82 bits per heavy atom. The topological polar surface area (TPSA) is 29.6 Å². The van der Waals surface area contributed by atoms with Crippen molar-refractivity contribution in [3.8, 4) is 0 Å². The molecular formula is C8H16O2S. The first-order valence-electron chi connectivity index (χ1n) is 4.29. The summed E-state index contributed by atoms with van der Waals surface area (Å²) in [4.78, 5) is 0. The van der Waals surface area contributed by atoms with Crippen LogP contribution < -0.4 is 0 Å². The van der Waals surface area contributed by atoms with Crippen LogP contribution in [0.15, 0.2) is 0 Å². The fourth-order valence-corrected chi connectivity index (χ4v) is 2.27. The highest BCUT2D eigenvalue weighted by atomic mass is 32.2. The number of rotatable bonds is 6. The van der Waals surface area contributed by atoms with Crippen LogP contribution in [0.25, 0.3) is 0 Å². The second-order valence-corrected chi connectivity index (χ2v) is 4.59. The molecule has 1 aliphatic rings. The van der Waals surface area contributed by atoms with Crippen LogP contribution >= 0.6 is 0 Å². The molecule has 1 fully saturated rings. The summed E-state index contributed by atoms with van der Waals surface area (Å²) >= 11 is 0. The van der Waals surface area contributed by atoms with E-state index in [1.165, 1.54) is 12.8 Å². The molecule has 0 aromatic heterocycles. The highest BCUT2D eigenvalue weighted by molar-refractivity contribution is 7.85. The van der Waals surface area contributed by atoms with Crippen LogP contribution in [0.4, 0.5) is 0 Å². The predicted octanol–water partition coefficient (Wildman–Crippen LogP) is 1.32. The Morgan fingerprint density at radius 2 is 2.27 bits per heavy atom. The van der Waals surface area contributed by atoms with Gasteiger partial charge in [0.2, 0.25) is 0 Å². The van der Waals surface area contributed by atoms with Gasteiger partial charge in [0.15, 0.2) is 0 Å². The standard InChI is InChI=1S/C8H16O2S/c1-2-3-4-5-11(9)7-8-6-10-8/h8H,2-7H2,1H3. The van der Waals surface area contributed by atoms with Crippen LogP contribution in [0.5, 0.6) is 0 Å². The summed E-state index contributed by atoms with van der Waals surface area (Å²) in [5.41, 5.74) is 0. The van der Waals surface area contributed by atoms with Crippen molar-refractivity contribution in [2.75, 3.05) is 18.1 Å². The molecule has 0 bridgehead atoms. The molecule has 0 aromatic rings. The lowest BCUT2D eigenvalue weighted by Crippen LogP contribution is -2.07. The first-order valence-corrected chi connectivity index (χ1v) is 5.78. The molecule has 0 radical (unpaired) electrons. The summed E-state index contributed by atoms with van der Waals surface area (Å²) in [5.74, 6) is 1.64. The van der Waals surface area contributed by atoms with Gasteiger partial charge in [-0.25, -0.2) is 0 Å². The average molecular weight is 176 g/mol. The SMILES string of the molecule is CCCCCS(=O)CC1CO1. The highest BCUT2D eigenvalue weighted by Crippen LogP contribution is 2.10. The van der Waals surface area contributed by atoms with Gasteiger partial charge in [-0.05, 0) is 6.42 Å². The zero-order chi connectivity index (χ0) is 8.10. The van der Waals surface area contributed by atoms with Crippen molar-refractivity contribution in [3.05, 3.63) is 0 Å². The van der Waals surface area contributed by atoms with Crippen LogP contribution in [0.3, 0.4) is 0 Å². The van der Waals surface area contributed by atoms with E-state index in [2.05, 4.69) is 6.92 Å².